The first-order valence-corrected chi connectivity index (χ1v) is 10.5. The summed E-state index contributed by atoms with van der Waals surface area (Å²) < 4.78 is 6.88. The van der Waals surface area contributed by atoms with Gasteiger partial charge in [-0.15, -0.1) is 0 Å². The molecule has 2 unspecified atom stereocenters. The number of nitrogens with zero attached hydrogens (tertiary/aromatic N) is 3. The first kappa shape index (κ1) is 21.0. The number of aliphatic hydroxyl groups excluding tert-OH is 1. The van der Waals surface area contributed by atoms with Crippen LogP contribution in [0.5, 0.6) is 0 Å². The van der Waals surface area contributed by atoms with Gasteiger partial charge in [-0.3, -0.25) is 4.98 Å². The Bertz CT molecular complexity index is 1050. The molecule has 8 heteroatoms. The molecule has 2 atom stereocenters. The fourth-order valence-corrected chi connectivity index (χ4v) is 4.29. The average Bonchev–Trinajstić information content (AvgIpc) is 3.42. The van der Waals surface area contributed by atoms with Gasteiger partial charge in [0.1, 0.15) is 0 Å². The van der Waals surface area contributed by atoms with E-state index in [1.165, 1.54) is 7.11 Å². The average molecular weight is 437 g/mol. The number of aromatic nitrogens is 2. The van der Waals surface area contributed by atoms with Crippen molar-refractivity contribution in [3.8, 4) is 5.69 Å². The van der Waals surface area contributed by atoms with E-state index in [0.717, 1.165) is 17.1 Å². The van der Waals surface area contributed by atoms with Gasteiger partial charge in [-0.2, -0.15) is 0 Å². The Hall–Kier alpha value is -3.23. The molecule has 31 heavy (non-hydrogen) atoms. The van der Waals surface area contributed by atoms with Crippen LogP contribution in [0.1, 0.15) is 40.3 Å². The second kappa shape index (κ2) is 9.28. The van der Waals surface area contributed by atoms with E-state index in [1.54, 1.807) is 18.3 Å². The van der Waals surface area contributed by atoms with Gasteiger partial charge >= 0.3 is 5.97 Å². The van der Waals surface area contributed by atoms with Crippen LogP contribution in [-0.2, 0) is 4.74 Å². The van der Waals surface area contributed by atoms with Crippen LogP contribution in [0.3, 0.4) is 0 Å². The Morgan fingerprint density at radius 2 is 2.00 bits per heavy atom. The predicted octanol–water partition coefficient (Wildman–Crippen LogP) is 3.01. The molecule has 1 fully saturated rings. The van der Waals surface area contributed by atoms with E-state index >= 15 is 0 Å². The largest absolute Gasteiger partial charge is 0.465 e. The van der Waals surface area contributed by atoms with Gasteiger partial charge in [0, 0.05) is 36.9 Å². The van der Waals surface area contributed by atoms with E-state index in [1.807, 2.05) is 42.6 Å². The third-order valence-corrected chi connectivity index (χ3v) is 5.76. The molecule has 4 rings (SSSR count). The molecular weight excluding hydrogens is 412 g/mol. The molecule has 0 radical (unpaired) electrons. The number of carbonyl (C=O) groups is 1. The first-order valence-electron chi connectivity index (χ1n) is 10.1. The van der Waals surface area contributed by atoms with E-state index in [0.29, 0.717) is 23.6 Å². The van der Waals surface area contributed by atoms with Crippen LogP contribution in [0.4, 0.5) is 0 Å². The van der Waals surface area contributed by atoms with Crippen LogP contribution in [0.2, 0.25) is 0 Å². The number of ether oxygens (including phenoxy) is 1. The molecule has 3 aromatic rings. The zero-order valence-corrected chi connectivity index (χ0v) is 18.0. The molecule has 1 aliphatic heterocycles. The van der Waals surface area contributed by atoms with E-state index in [9.17, 15) is 9.90 Å². The van der Waals surface area contributed by atoms with E-state index in [4.69, 9.17) is 17.0 Å². The summed E-state index contributed by atoms with van der Waals surface area (Å²) in [7, 11) is 1.37. The molecule has 0 aliphatic carbocycles. The van der Waals surface area contributed by atoms with Crippen molar-refractivity contribution in [2.45, 2.75) is 18.5 Å². The number of aliphatic hydroxyl groups is 1. The van der Waals surface area contributed by atoms with Crippen LogP contribution in [0.15, 0.2) is 67.0 Å². The third-order valence-electron chi connectivity index (χ3n) is 5.40. The van der Waals surface area contributed by atoms with Crippen LogP contribution in [0, 0.1) is 0 Å². The van der Waals surface area contributed by atoms with Gasteiger partial charge in [0.25, 0.3) is 0 Å². The van der Waals surface area contributed by atoms with Crippen molar-refractivity contribution >= 4 is 23.3 Å². The number of rotatable bonds is 7. The molecular formula is C23H24N4O3S. The SMILES string of the molecule is COC(=O)c1ccc(-n2cccc2C2C(c3ccccn3)NC(=S)N2CCCO)cc1. The summed E-state index contributed by atoms with van der Waals surface area (Å²) in [4.78, 5) is 18.4. The van der Waals surface area contributed by atoms with Gasteiger partial charge in [0.05, 0.1) is 30.5 Å². The molecule has 0 saturated carbocycles. The summed E-state index contributed by atoms with van der Waals surface area (Å²) in [6.45, 7) is 0.721. The highest BCUT2D eigenvalue weighted by Gasteiger charge is 2.40. The molecule has 1 saturated heterocycles. The van der Waals surface area contributed by atoms with Crippen molar-refractivity contribution < 1.29 is 14.6 Å². The minimum atomic E-state index is -0.366. The topological polar surface area (TPSA) is 79.6 Å². The fraction of sp³-hybridized carbons (Fsp3) is 0.261. The van der Waals surface area contributed by atoms with E-state index < -0.39 is 0 Å². The number of esters is 1. The first-order chi connectivity index (χ1) is 15.1. The highest BCUT2D eigenvalue weighted by Crippen LogP contribution is 2.39. The van der Waals surface area contributed by atoms with Crippen LogP contribution in [0.25, 0.3) is 5.69 Å². The van der Waals surface area contributed by atoms with Gasteiger partial charge < -0.3 is 24.6 Å². The smallest absolute Gasteiger partial charge is 0.337 e. The molecule has 2 N–H and O–H groups in total. The van der Waals surface area contributed by atoms with Crippen molar-refractivity contribution in [1.82, 2.24) is 19.8 Å². The van der Waals surface area contributed by atoms with Gasteiger partial charge in [-0.1, -0.05) is 6.07 Å². The number of hydrogen-bond acceptors (Lipinski definition) is 5. The Kier molecular flexibility index (Phi) is 6.29. The lowest BCUT2D eigenvalue weighted by molar-refractivity contribution is 0.0600. The lowest BCUT2D eigenvalue weighted by Crippen LogP contribution is -2.31. The van der Waals surface area contributed by atoms with Crippen LogP contribution >= 0.6 is 12.2 Å². The number of nitrogens with one attached hydrogen (secondary N) is 1. The normalized spacial score (nSPS) is 18.1. The minimum Gasteiger partial charge on any atom is -0.465 e. The minimum absolute atomic E-state index is 0.0933. The molecule has 0 spiro atoms. The Labute approximate surface area is 186 Å². The van der Waals surface area contributed by atoms with Crippen LogP contribution in [-0.4, -0.2) is 50.9 Å². The summed E-state index contributed by atoms with van der Waals surface area (Å²) in [6, 6.07) is 17.0. The second-order valence-corrected chi connectivity index (χ2v) is 7.63. The van der Waals surface area contributed by atoms with Gasteiger partial charge in [0.2, 0.25) is 0 Å². The highest BCUT2D eigenvalue weighted by molar-refractivity contribution is 7.80. The standard InChI is InChI=1S/C23H24N4O3S/c1-30-22(29)16-8-10-17(11-9-16)26-13-4-7-19(26)21-20(18-6-2-3-12-24-18)25-23(31)27(21)14-5-15-28/h2-4,6-13,20-21,28H,5,14-15H2,1H3,(H,25,31). The number of thiocarbonyl (C=S) groups is 1. The van der Waals surface area contributed by atoms with Gasteiger partial charge in [0.15, 0.2) is 5.11 Å². The van der Waals surface area contributed by atoms with Crippen molar-refractivity contribution in [3.05, 3.63) is 83.9 Å². The zero-order valence-electron chi connectivity index (χ0n) is 17.1. The molecule has 1 aromatic carbocycles. The number of carbonyl (C=O) groups excluding carboxylic acids is 1. The van der Waals surface area contributed by atoms with Crippen molar-refractivity contribution in [2.24, 2.45) is 0 Å². The number of pyridine rings is 1. The van der Waals surface area contributed by atoms with Crippen molar-refractivity contribution in [1.29, 1.82) is 0 Å². The zero-order chi connectivity index (χ0) is 21.8. The maximum absolute atomic E-state index is 11.8. The van der Waals surface area contributed by atoms with Gasteiger partial charge in [-0.05, 0) is 67.2 Å². The molecule has 1 aliphatic rings. The number of methoxy groups -OCH3 is 1. The Balaban J connectivity index is 1.74. The molecule has 7 nitrogen and oxygen atoms in total. The summed E-state index contributed by atoms with van der Waals surface area (Å²) in [6.07, 6.45) is 4.38. The fourth-order valence-electron chi connectivity index (χ4n) is 3.96. The molecule has 3 heterocycles. The molecule has 0 amide bonds. The van der Waals surface area contributed by atoms with Crippen LogP contribution < -0.4 is 5.32 Å². The lowest BCUT2D eigenvalue weighted by atomic mass is 10.0. The Morgan fingerprint density at radius 1 is 1.19 bits per heavy atom. The number of hydrogen-bond donors (Lipinski definition) is 2. The molecule has 0 bridgehead atoms. The second-order valence-electron chi connectivity index (χ2n) is 7.24. The Morgan fingerprint density at radius 3 is 2.68 bits per heavy atom. The lowest BCUT2D eigenvalue weighted by Gasteiger charge is -2.28. The molecule has 160 valence electrons. The summed E-state index contributed by atoms with van der Waals surface area (Å²) in [5, 5.41) is 13.4. The maximum atomic E-state index is 11.8. The van der Waals surface area contributed by atoms with Crippen molar-refractivity contribution in [3.63, 3.8) is 0 Å². The summed E-state index contributed by atoms with van der Waals surface area (Å²) in [5.74, 6) is -0.366. The maximum Gasteiger partial charge on any atom is 0.337 e. The summed E-state index contributed by atoms with van der Waals surface area (Å²) in [5.41, 5.74) is 3.36. The summed E-state index contributed by atoms with van der Waals surface area (Å²) >= 11 is 5.65. The van der Waals surface area contributed by atoms with E-state index in [2.05, 4.69) is 25.8 Å². The highest BCUT2D eigenvalue weighted by atomic mass is 32.1. The van der Waals surface area contributed by atoms with Gasteiger partial charge in [-0.25, -0.2) is 4.79 Å². The van der Waals surface area contributed by atoms with E-state index in [-0.39, 0.29) is 24.7 Å². The quantitative estimate of drug-likeness (QED) is 0.435. The van der Waals surface area contributed by atoms with Crippen molar-refractivity contribution in [2.75, 3.05) is 20.3 Å². The third kappa shape index (κ3) is 4.17. The predicted molar refractivity (Wildman–Crippen MR) is 121 cm³/mol. The molecule has 2 aromatic heterocycles. The number of benzene rings is 1. The monoisotopic (exact) mass is 436 g/mol.